The number of hydrogen-bond donors (Lipinski definition) is 2. The maximum atomic E-state index is 9.42. The SMILES string of the molecule is CCc1ccc([C@H]2C(C#N)=C(N)Oc3n[nH]c(C)c32)s1. The Bertz CT molecular complexity index is 735. The molecule has 0 spiro atoms. The van der Waals surface area contributed by atoms with Crippen LogP contribution in [0.2, 0.25) is 0 Å². The van der Waals surface area contributed by atoms with E-state index < -0.39 is 0 Å². The number of fused-ring (bicyclic) bond motifs is 1. The van der Waals surface area contributed by atoms with E-state index in [-0.39, 0.29) is 11.8 Å². The summed E-state index contributed by atoms with van der Waals surface area (Å²) < 4.78 is 5.44. The number of thiophene rings is 1. The van der Waals surface area contributed by atoms with E-state index in [0.29, 0.717) is 11.5 Å². The van der Waals surface area contributed by atoms with Crippen LogP contribution < -0.4 is 10.5 Å². The summed E-state index contributed by atoms with van der Waals surface area (Å²) in [5.41, 5.74) is 8.12. The summed E-state index contributed by atoms with van der Waals surface area (Å²) in [6.07, 6.45) is 0.978. The second-order valence-electron chi connectivity index (χ2n) is 4.65. The summed E-state index contributed by atoms with van der Waals surface area (Å²) in [6.45, 7) is 4.04. The van der Waals surface area contributed by atoms with Crippen LogP contribution in [0.5, 0.6) is 5.88 Å². The quantitative estimate of drug-likeness (QED) is 0.888. The van der Waals surface area contributed by atoms with E-state index in [1.165, 1.54) is 4.88 Å². The zero-order valence-electron chi connectivity index (χ0n) is 11.2. The lowest BCUT2D eigenvalue weighted by molar-refractivity contribution is 0.379. The van der Waals surface area contributed by atoms with E-state index in [1.54, 1.807) is 11.3 Å². The Labute approximate surface area is 120 Å². The second-order valence-corrected chi connectivity index (χ2v) is 5.85. The van der Waals surface area contributed by atoms with Crippen LogP contribution in [-0.2, 0) is 6.42 Å². The third kappa shape index (κ3) is 1.79. The average Bonchev–Trinajstić information content (AvgIpc) is 3.05. The first-order valence-corrected chi connectivity index (χ1v) is 7.18. The molecule has 1 aliphatic heterocycles. The van der Waals surface area contributed by atoms with Gasteiger partial charge in [0.1, 0.15) is 11.6 Å². The van der Waals surface area contributed by atoms with Gasteiger partial charge in [0, 0.05) is 15.4 Å². The lowest BCUT2D eigenvalue weighted by atomic mass is 9.89. The summed E-state index contributed by atoms with van der Waals surface area (Å²) in [5, 5.41) is 16.4. The molecule has 102 valence electrons. The van der Waals surface area contributed by atoms with Crippen molar-refractivity contribution in [2.75, 3.05) is 0 Å². The van der Waals surface area contributed by atoms with Crippen LogP contribution >= 0.6 is 11.3 Å². The maximum Gasteiger partial charge on any atom is 0.244 e. The predicted molar refractivity (Wildman–Crippen MR) is 76.3 cm³/mol. The van der Waals surface area contributed by atoms with Crippen LogP contribution in [0.4, 0.5) is 0 Å². The van der Waals surface area contributed by atoms with Crippen molar-refractivity contribution < 1.29 is 4.74 Å². The standard InChI is InChI=1S/C14H14N4OS/c1-3-8-4-5-10(20-8)12-9(6-15)13(16)19-14-11(12)7(2)17-18-14/h4-5,12H,3,16H2,1-2H3,(H,17,18)/t12-/m1/s1. The molecular formula is C14H14N4OS. The molecule has 0 aliphatic carbocycles. The fourth-order valence-electron chi connectivity index (χ4n) is 2.42. The first-order valence-electron chi connectivity index (χ1n) is 6.36. The summed E-state index contributed by atoms with van der Waals surface area (Å²) in [6, 6.07) is 6.33. The molecule has 6 heteroatoms. The van der Waals surface area contributed by atoms with Gasteiger partial charge >= 0.3 is 0 Å². The molecule has 0 aromatic carbocycles. The van der Waals surface area contributed by atoms with Crippen LogP contribution in [0.25, 0.3) is 0 Å². The highest BCUT2D eigenvalue weighted by Crippen LogP contribution is 2.44. The molecule has 5 nitrogen and oxygen atoms in total. The number of H-pyrrole nitrogens is 1. The Kier molecular flexibility index (Phi) is 2.99. The number of nitrogens with two attached hydrogens (primary N) is 1. The molecule has 0 saturated heterocycles. The van der Waals surface area contributed by atoms with Crippen molar-refractivity contribution in [1.82, 2.24) is 10.2 Å². The van der Waals surface area contributed by atoms with Crippen molar-refractivity contribution in [3.05, 3.63) is 44.6 Å². The third-order valence-corrected chi connectivity index (χ3v) is 4.74. The van der Waals surface area contributed by atoms with Gasteiger partial charge in [0.25, 0.3) is 0 Å². The Balaban J connectivity index is 2.19. The van der Waals surface area contributed by atoms with E-state index in [9.17, 15) is 5.26 Å². The number of rotatable bonds is 2. The zero-order chi connectivity index (χ0) is 14.3. The van der Waals surface area contributed by atoms with Gasteiger partial charge in [-0.2, -0.15) is 5.26 Å². The van der Waals surface area contributed by atoms with Crippen molar-refractivity contribution in [3.63, 3.8) is 0 Å². The Hall–Kier alpha value is -2.26. The number of ether oxygens (including phenoxy) is 1. The number of hydrogen-bond acceptors (Lipinski definition) is 5. The molecule has 0 fully saturated rings. The summed E-state index contributed by atoms with van der Waals surface area (Å²) in [7, 11) is 0. The number of nitrogens with one attached hydrogen (secondary N) is 1. The topological polar surface area (TPSA) is 87.7 Å². The molecule has 3 N–H and O–H groups in total. The van der Waals surface area contributed by atoms with Crippen LogP contribution in [0, 0.1) is 18.3 Å². The molecule has 0 saturated carbocycles. The van der Waals surface area contributed by atoms with Gasteiger partial charge in [-0.15, -0.1) is 16.4 Å². The normalized spacial score (nSPS) is 17.6. The number of allylic oxidation sites excluding steroid dienone is 1. The predicted octanol–water partition coefficient (Wildman–Crippen LogP) is 2.56. The molecule has 2 aromatic heterocycles. The van der Waals surface area contributed by atoms with Gasteiger partial charge in [0.15, 0.2) is 0 Å². The molecule has 3 heterocycles. The zero-order valence-corrected chi connectivity index (χ0v) is 12.0. The molecule has 1 aliphatic rings. The number of aromatic nitrogens is 2. The van der Waals surface area contributed by atoms with Crippen molar-refractivity contribution >= 4 is 11.3 Å². The monoisotopic (exact) mass is 286 g/mol. The van der Waals surface area contributed by atoms with Crippen LogP contribution in [0.3, 0.4) is 0 Å². The van der Waals surface area contributed by atoms with Gasteiger partial charge in [-0.05, 0) is 25.5 Å². The molecule has 1 atom stereocenters. The minimum absolute atomic E-state index is 0.142. The maximum absolute atomic E-state index is 9.42. The number of nitrogens with zero attached hydrogens (tertiary/aromatic N) is 2. The Morgan fingerprint density at radius 2 is 2.35 bits per heavy atom. The van der Waals surface area contributed by atoms with Gasteiger partial charge in [-0.3, -0.25) is 5.10 Å². The van der Waals surface area contributed by atoms with Crippen LogP contribution in [-0.4, -0.2) is 10.2 Å². The Morgan fingerprint density at radius 3 is 3.00 bits per heavy atom. The third-order valence-electron chi connectivity index (χ3n) is 3.44. The van der Waals surface area contributed by atoms with Gasteiger partial charge < -0.3 is 10.5 Å². The lowest BCUT2D eigenvalue weighted by Gasteiger charge is -2.22. The van der Waals surface area contributed by atoms with Crippen molar-refractivity contribution in [2.24, 2.45) is 5.73 Å². The molecule has 20 heavy (non-hydrogen) atoms. The number of aromatic amines is 1. The van der Waals surface area contributed by atoms with E-state index >= 15 is 0 Å². The molecule has 0 radical (unpaired) electrons. The highest BCUT2D eigenvalue weighted by Gasteiger charge is 2.34. The number of nitriles is 1. The fraction of sp³-hybridized carbons (Fsp3) is 0.286. The summed E-state index contributed by atoms with van der Waals surface area (Å²) in [5.74, 6) is 0.422. The van der Waals surface area contributed by atoms with E-state index in [2.05, 4.69) is 35.3 Å². The molecule has 0 amide bonds. The molecule has 0 bridgehead atoms. The van der Waals surface area contributed by atoms with Gasteiger partial charge in [-0.1, -0.05) is 6.92 Å². The van der Waals surface area contributed by atoms with E-state index in [1.807, 2.05) is 6.92 Å². The molecule has 3 rings (SSSR count). The van der Waals surface area contributed by atoms with Gasteiger partial charge in [0.05, 0.1) is 11.5 Å². The first kappa shape index (κ1) is 12.8. The molecule has 0 unspecified atom stereocenters. The van der Waals surface area contributed by atoms with Crippen molar-refractivity contribution in [3.8, 4) is 11.9 Å². The lowest BCUT2D eigenvalue weighted by Crippen LogP contribution is -2.20. The van der Waals surface area contributed by atoms with E-state index in [0.717, 1.165) is 22.6 Å². The van der Waals surface area contributed by atoms with Crippen molar-refractivity contribution in [2.45, 2.75) is 26.2 Å². The minimum atomic E-state index is -0.187. The second kappa shape index (κ2) is 4.69. The minimum Gasteiger partial charge on any atom is -0.420 e. The summed E-state index contributed by atoms with van der Waals surface area (Å²) >= 11 is 1.70. The van der Waals surface area contributed by atoms with E-state index in [4.69, 9.17) is 10.5 Å². The largest absolute Gasteiger partial charge is 0.420 e. The fourth-order valence-corrected chi connectivity index (χ4v) is 3.50. The highest BCUT2D eigenvalue weighted by atomic mass is 32.1. The smallest absolute Gasteiger partial charge is 0.244 e. The molecular weight excluding hydrogens is 272 g/mol. The Morgan fingerprint density at radius 1 is 1.55 bits per heavy atom. The number of aryl methyl sites for hydroxylation is 2. The first-order chi connectivity index (χ1) is 9.65. The molecule has 2 aromatic rings. The van der Waals surface area contributed by atoms with Crippen LogP contribution in [0.1, 0.15) is 33.9 Å². The highest BCUT2D eigenvalue weighted by molar-refractivity contribution is 7.12. The van der Waals surface area contributed by atoms with Crippen LogP contribution in [0.15, 0.2) is 23.6 Å². The summed E-state index contributed by atoms with van der Waals surface area (Å²) in [4.78, 5) is 2.38. The van der Waals surface area contributed by atoms with Gasteiger partial charge in [0.2, 0.25) is 11.8 Å². The average molecular weight is 286 g/mol. The van der Waals surface area contributed by atoms with Gasteiger partial charge in [-0.25, -0.2) is 0 Å². The van der Waals surface area contributed by atoms with Crippen molar-refractivity contribution in [1.29, 1.82) is 5.26 Å².